The molecule has 2 aromatic carbocycles. The summed E-state index contributed by atoms with van der Waals surface area (Å²) >= 11 is 0. The van der Waals surface area contributed by atoms with Gasteiger partial charge < -0.3 is 25.6 Å². The lowest BCUT2D eigenvalue weighted by Gasteiger charge is -2.32. The van der Waals surface area contributed by atoms with E-state index in [1.54, 1.807) is 35.2 Å². The first-order valence-corrected chi connectivity index (χ1v) is 9.08. The first-order valence-electron chi connectivity index (χ1n) is 9.08. The molecule has 148 valence electrons. The standard InChI is InChI=1S/C20H23FN4O3/c1-28-18-6-5-14(11-17(18)21)13-24-7-9-25(10-8-24)19(26)15-3-2-4-16(12-15)23-20(22)27/h2-6,11-12H,7-10,13H2,1H3,(H3,22,23,27)/p+1. The van der Waals surface area contributed by atoms with E-state index < -0.39 is 6.03 Å². The predicted molar refractivity (Wildman–Crippen MR) is 103 cm³/mol. The molecule has 0 bridgehead atoms. The van der Waals surface area contributed by atoms with E-state index in [0.717, 1.165) is 18.7 Å². The quantitative estimate of drug-likeness (QED) is 0.711. The van der Waals surface area contributed by atoms with Gasteiger partial charge in [-0.2, -0.15) is 0 Å². The highest BCUT2D eigenvalue weighted by Crippen LogP contribution is 2.17. The van der Waals surface area contributed by atoms with E-state index in [1.165, 1.54) is 18.1 Å². The lowest BCUT2D eigenvalue weighted by atomic mass is 10.1. The van der Waals surface area contributed by atoms with E-state index in [2.05, 4.69) is 5.32 Å². The van der Waals surface area contributed by atoms with E-state index in [1.807, 2.05) is 6.07 Å². The summed E-state index contributed by atoms with van der Waals surface area (Å²) < 4.78 is 18.8. The molecule has 1 aliphatic heterocycles. The number of benzene rings is 2. The average Bonchev–Trinajstić information content (AvgIpc) is 2.68. The number of halogens is 1. The maximum Gasteiger partial charge on any atom is 0.316 e. The van der Waals surface area contributed by atoms with Crippen molar-refractivity contribution in [2.75, 3.05) is 38.6 Å². The summed E-state index contributed by atoms with van der Waals surface area (Å²) in [6.07, 6.45) is 0. The van der Waals surface area contributed by atoms with Crippen molar-refractivity contribution in [1.82, 2.24) is 4.90 Å². The van der Waals surface area contributed by atoms with Crippen molar-refractivity contribution in [3.63, 3.8) is 0 Å². The first-order chi connectivity index (χ1) is 13.5. The van der Waals surface area contributed by atoms with E-state index in [-0.39, 0.29) is 17.5 Å². The Balaban J connectivity index is 1.57. The number of carbonyl (C=O) groups is 2. The van der Waals surface area contributed by atoms with Crippen molar-refractivity contribution in [2.24, 2.45) is 5.73 Å². The number of rotatable bonds is 5. The van der Waals surface area contributed by atoms with Crippen LogP contribution in [0.25, 0.3) is 0 Å². The monoisotopic (exact) mass is 387 g/mol. The minimum Gasteiger partial charge on any atom is -0.494 e. The molecule has 0 aromatic heterocycles. The fourth-order valence-electron chi connectivity index (χ4n) is 3.37. The van der Waals surface area contributed by atoms with Gasteiger partial charge in [0, 0.05) is 16.8 Å². The van der Waals surface area contributed by atoms with Gasteiger partial charge in [0.05, 0.1) is 33.3 Å². The Morgan fingerprint density at radius 2 is 1.96 bits per heavy atom. The number of primary amides is 1. The van der Waals surface area contributed by atoms with Crippen LogP contribution in [0.1, 0.15) is 15.9 Å². The van der Waals surface area contributed by atoms with Crippen molar-refractivity contribution in [2.45, 2.75) is 6.54 Å². The molecule has 0 atom stereocenters. The molecule has 2 aromatic rings. The average molecular weight is 387 g/mol. The second-order valence-electron chi connectivity index (χ2n) is 6.76. The Bertz CT molecular complexity index is 866. The van der Waals surface area contributed by atoms with Crippen molar-refractivity contribution in [3.05, 3.63) is 59.4 Å². The van der Waals surface area contributed by atoms with Gasteiger partial charge in [-0.3, -0.25) is 4.79 Å². The smallest absolute Gasteiger partial charge is 0.316 e. The summed E-state index contributed by atoms with van der Waals surface area (Å²) in [6, 6.07) is 11.1. The van der Waals surface area contributed by atoms with Gasteiger partial charge in [-0.05, 0) is 36.4 Å². The van der Waals surface area contributed by atoms with Crippen LogP contribution in [0.15, 0.2) is 42.5 Å². The number of methoxy groups -OCH3 is 1. The zero-order chi connectivity index (χ0) is 20.1. The third-order valence-corrected chi connectivity index (χ3v) is 4.81. The van der Waals surface area contributed by atoms with Gasteiger partial charge in [0.25, 0.3) is 5.91 Å². The van der Waals surface area contributed by atoms with Crippen molar-refractivity contribution in [3.8, 4) is 5.75 Å². The fourth-order valence-corrected chi connectivity index (χ4v) is 3.37. The van der Waals surface area contributed by atoms with Gasteiger partial charge in [-0.1, -0.05) is 6.07 Å². The summed E-state index contributed by atoms with van der Waals surface area (Å²) in [6.45, 7) is 3.47. The number of urea groups is 1. The van der Waals surface area contributed by atoms with Crippen LogP contribution in [0.3, 0.4) is 0 Å². The van der Waals surface area contributed by atoms with Crippen LogP contribution >= 0.6 is 0 Å². The molecule has 0 aliphatic carbocycles. The van der Waals surface area contributed by atoms with E-state index in [9.17, 15) is 14.0 Å². The number of anilines is 1. The summed E-state index contributed by atoms with van der Waals surface area (Å²) in [5.74, 6) is -0.206. The van der Waals surface area contributed by atoms with Crippen LogP contribution in [-0.4, -0.2) is 50.1 Å². The first kappa shape index (κ1) is 19.6. The molecule has 7 nitrogen and oxygen atoms in total. The molecule has 1 aliphatic rings. The Morgan fingerprint density at radius 3 is 2.61 bits per heavy atom. The number of nitrogens with one attached hydrogen (secondary N) is 2. The number of nitrogens with two attached hydrogens (primary N) is 1. The molecule has 4 N–H and O–H groups in total. The van der Waals surface area contributed by atoms with Gasteiger partial charge in [0.15, 0.2) is 11.6 Å². The number of piperazine rings is 1. The van der Waals surface area contributed by atoms with E-state index in [4.69, 9.17) is 10.5 Å². The van der Waals surface area contributed by atoms with Crippen LogP contribution in [0.4, 0.5) is 14.9 Å². The molecule has 1 saturated heterocycles. The van der Waals surface area contributed by atoms with Gasteiger partial charge >= 0.3 is 6.03 Å². The molecule has 1 fully saturated rings. The molecule has 0 unspecified atom stereocenters. The molecule has 0 radical (unpaired) electrons. The normalized spacial score (nSPS) is 14.6. The number of amides is 3. The lowest BCUT2D eigenvalue weighted by molar-refractivity contribution is -0.917. The summed E-state index contributed by atoms with van der Waals surface area (Å²) in [7, 11) is 1.44. The van der Waals surface area contributed by atoms with Gasteiger partial charge in [-0.25, -0.2) is 9.18 Å². The SMILES string of the molecule is COc1ccc(C[NH+]2CCN(C(=O)c3cccc(NC(N)=O)c3)CC2)cc1F. The highest BCUT2D eigenvalue weighted by molar-refractivity contribution is 5.96. The van der Waals surface area contributed by atoms with Crippen molar-refractivity contribution < 1.29 is 23.6 Å². The second-order valence-corrected chi connectivity index (χ2v) is 6.76. The maximum absolute atomic E-state index is 13.9. The lowest BCUT2D eigenvalue weighted by Crippen LogP contribution is -3.13. The van der Waals surface area contributed by atoms with Crippen LogP contribution < -0.4 is 20.7 Å². The topological polar surface area (TPSA) is 89.1 Å². The molecule has 0 saturated carbocycles. The molecule has 28 heavy (non-hydrogen) atoms. The van der Waals surface area contributed by atoms with Crippen molar-refractivity contribution >= 4 is 17.6 Å². The summed E-state index contributed by atoms with van der Waals surface area (Å²) in [4.78, 5) is 26.8. The van der Waals surface area contributed by atoms with Crippen LogP contribution in [-0.2, 0) is 6.54 Å². The molecule has 0 spiro atoms. The third kappa shape index (κ3) is 4.77. The number of nitrogens with zero attached hydrogens (tertiary/aromatic N) is 1. The predicted octanol–water partition coefficient (Wildman–Crippen LogP) is 0.866. The van der Waals surface area contributed by atoms with Gasteiger partial charge in [0.1, 0.15) is 6.54 Å². The Labute approximate surface area is 162 Å². The molecule has 3 amide bonds. The fraction of sp³-hybridized carbons (Fsp3) is 0.300. The highest BCUT2D eigenvalue weighted by atomic mass is 19.1. The van der Waals surface area contributed by atoms with E-state index in [0.29, 0.717) is 30.9 Å². The molecular weight excluding hydrogens is 363 g/mol. The number of hydrogen-bond acceptors (Lipinski definition) is 3. The van der Waals surface area contributed by atoms with Crippen LogP contribution in [0.2, 0.25) is 0 Å². The van der Waals surface area contributed by atoms with Crippen molar-refractivity contribution in [1.29, 1.82) is 0 Å². The number of ether oxygens (including phenoxy) is 1. The van der Waals surface area contributed by atoms with Gasteiger partial charge in [0.2, 0.25) is 0 Å². The Morgan fingerprint density at radius 1 is 1.21 bits per heavy atom. The van der Waals surface area contributed by atoms with Crippen LogP contribution in [0.5, 0.6) is 5.75 Å². The van der Waals surface area contributed by atoms with Gasteiger partial charge in [-0.15, -0.1) is 0 Å². The third-order valence-electron chi connectivity index (χ3n) is 4.81. The Kier molecular flexibility index (Phi) is 6.10. The molecule has 8 heteroatoms. The molecule has 1 heterocycles. The van der Waals surface area contributed by atoms with E-state index >= 15 is 0 Å². The number of carbonyl (C=O) groups excluding carboxylic acids is 2. The minimum atomic E-state index is -0.670. The largest absolute Gasteiger partial charge is 0.494 e. The molecule has 3 rings (SSSR count). The maximum atomic E-state index is 13.9. The summed E-state index contributed by atoms with van der Waals surface area (Å²) in [5.41, 5.74) is 7.02. The number of quaternary nitrogens is 1. The molecular formula is C20H24FN4O3+. The summed E-state index contributed by atoms with van der Waals surface area (Å²) in [5, 5.41) is 2.47. The zero-order valence-corrected chi connectivity index (χ0v) is 15.7. The zero-order valence-electron chi connectivity index (χ0n) is 15.7. The van der Waals surface area contributed by atoms with Crippen LogP contribution in [0, 0.1) is 5.82 Å². The second kappa shape index (κ2) is 8.71. The minimum absolute atomic E-state index is 0.0809. The highest BCUT2D eigenvalue weighted by Gasteiger charge is 2.25. The Hall–Kier alpha value is -3.13. The number of hydrogen-bond donors (Lipinski definition) is 3.